The Hall–Kier alpha value is -2.20. The topological polar surface area (TPSA) is 41.1 Å². The first-order valence-electron chi connectivity index (χ1n) is 6.90. The van der Waals surface area contributed by atoms with E-state index in [4.69, 9.17) is 0 Å². The van der Waals surface area contributed by atoms with Crippen LogP contribution in [0.2, 0.25) is 0 Å². The average molecular weight is 286 g/mol. The number of amides is 1. The number of rotatable bonds is 5. The van der Waals surface area contributed by atoms with Gasteiger partial charge < -0.3 is 10.6 Å². The zero-order valence-electron chi connectivity index (χ0n) is 12.2. The minimum absolute atomic E-state index is 0.128. The third-order valence-corrected chi connectivity index (χ3v) is 3.28. The second kappa shape index (κ2) is 6.99. The van der Waals surface area contributed by atoms with Gasteiger partial charge in [0.25, 0.3) is 0 Å². The molecule has 0 unspecified atom stereocenters. The molecular weight excluding hydrogens is 267 g/mol. The molecule has 0 bridgehead atoms. The van der Waals surface area contributed by atoms with Gasteiger partial charge in [0.1, 0.15) is 5.82 Å². The third-order valence-electron chi connectivity index (χ3n) is 3.28. The third kappa shape index (κ3) is 4.39. The summed E-state index contributed by atoms with van der Waals surface area (Å²) >= 11 is 0. The Labute approximate surface area is 124 Å². The predicted octanol–water partition coefficient (Wildman–Crippen LogP) is 3.42. The lowest BCUT2D eigenvalue weighted by Gasteiger charge is -2.15. The van der Waals surface area contributed by atoms with Crippen LogP contribution in [-0.4, -0.2) is 12.5 Å². The maximum absolute atomic E-state index is 13.6. The van der Waals surface area contributed by atoms with Gasteiger partial charge in [-0.3, -0.25) is 4.79 Å². The Morgan fingerprint density at radius 1 is 1.14 bits per heavy atom. The van der Waals surface area contributed by atoms with Crippen molar-refractivity contribution in [2.24, 2.45) is 0 Å². The van der Waals surface area contributed by atoms with E-state index in [0.29, 0.717) is 5.56 Å². The van der Waals surface area contributed by atoms with Crippen LogP contribution < -0.4 is 10.6 Å². The summed E-state index contributed by atoms with van der Waals surface area (Å²) in [6, 6.07) is 13.9. The highest BCUT2D eigenvalue weighted by molar-refractivity contribution is 5.92. The van der Waals surface area contributed by atoms with Gasteiger partial charge in [-0.15, -0.1) is 0 Å². The molecule has 3 nitrogen and oxygen atoms in total. The van der Waals surface area contributed by atoms with E-state index in [1.54, 1.807) is 18.2 Å². The monoisotopic (exact) mass is 286 g/mol. The molecule has 0 fully saturated rings. The van der Waals surface area contributed by atoms with E-state index >= 15 is 0 Å². The van der Waals surface area contributed by atoms with E-state index in [-0.39, 0.29) is 24.3 Å². The zero-order valence-corrected chi connectivity index (χ0v) is 12.2. The van der Waals surface area contributed by atoms with E-state index < -0.39 is 0 Å². The van der Waals surface area contributed by atoms with Gasteiger partial charge in [0, 0.05) is 17.3 Å². The standard InChI is InChI=1S/C17H19FN2O/c1-12-7-9-14(10-8-12)20-17(21)11-19-13(2)15-5-3-4-6-16(15)18/h3-10,13,19H,11H2,1-2H3,(H,20,21)/t13-/m1/s1. The van der Waals surface area contributed by atoms with Gasteiger partial charge >= 0.3 is 0 Å². The van der Waals surface area contributed by atoms with Gasteiger partial charge in [-0.05, 0) is 32.0 Å². The van der Waals surface area contributed by atoms with Gasteiger partial charge in [0.05, 0.1) is 6.54 Å². The van der Waals surface area contributed by atoms with E-state index in [2.05, 4.69) is 10.6 Å². The minimum Gasteiger partial charge on any atom is -0.325 e. The number of hydrogen-bond acceptors (Lipinski definition) is 2. The number of halogens is 1. The quantitative estimate of drug-likeness (QED) is 0.884. The molecule has 0 aliphatic rings. The first-order valence-corrected chi connectivity index (χ1v) is 6.90. The van der Waals surface area contributed by atoms with Crippen molar-refractivity contribution in [3.05, 3.63) is 65.5 Å². The molecule has 21 heavy (non-hydrogen) atoms. The highest BCUT2D eigenvalue weighted by atomic mass is 19.1. The first-order chi connectivity index (χ1) is 10.1. The number of nitrogens with one attached hydrogen (secondary N) is 2. The van der Waals surface area contributed by atoms with E-state index in [0.717, 1.165) is 11.3 Å². The molecule has 0 heterocycles. The lowest BCUT2D eigenvalue weighted by atomic mass is 10.1. The molecule has 4 heteroatoms. The summed E-state index contributed by atoms with van der Waals surface area (Å²) in [6.45, 7) is 3.95. The lowest BCUT2D eigenvalue weighted by Crippen LogP contribution is -2.30. The van der Waals surface area contributed by atoms with Crippen molar-refractivity contribution in [1.29, 1.82) is 0 Å². The van der Waals surface area contributed by atoms with Crippen LogP contribution in [0.4, 0.5) is 10.1 Å². The fraction of sp³-hybridized carbons (Fsp3) is 0.235. The van der Waals surface area contributed by atoms with Crippen LogP contribution in [0.1, 0.15) is 24.1 Å². The van der Waals surface area contributed by atoms with Crippen LogP contribution in [0.25, 0.3) is 0 Å². The van der Waals surface area contributed by atoms with Crippen LogP contribution in [0.5, 0.6) is 0 Å². The second-order valence-corrected chi connectivity index (χ2v) is 5.04. The van der Waals surface area contributed by atoms with Crippen molar-refractivity contribution in [2.45, 2.75) is 19.9 Å². The second-order valence-electron chi connectivity index (χ2n) is 5.04. The predicted molar refractivity (Wildman–Crippen MR) is 82.6 cm³/mol. The molecule has 2 aromatic carbocycles. The normalized spacial score (nSPS) is 12.0. The molecule has 1 atom stereocenters. The fourth-order valence-corrected chi connectivity index (χ4v) is 2.02. The number of aryl methyl sites for hydroxylation is 1. The fourth-order valence-electron chi connectivity index (χ4n) is 2.02. The summed E-state index contributed by atoms with van der Waals surface area (Å²) in [5.41, 5.74) is 2.45. The Morgan fingerprint density at radius 3 is 2.48 bits per heavy atom. The maximum Gasteiger partial charge on any atom is 0.238 e. The van der Waals surface area contributed by atoms with Crippen LogP contribution >= 0.6 is 0 Å². The van der Waals surface area contributed by atoms with E-state index in [1.807, 2.05) is 38.1 Å². The molecule has 0 saturated carbocycles. The SMILES string of the molecule is Cc1ccc(NC(=O)CN[C@H](C)c2ccccc2F)cc1. The minimum atomic E-state index is -0.267. The number of carbonyl (C=O) groups excluding carboxylic acids is 1. The molecule has 0 aromatic heterocycles. The lowest BCUT2D eigenvalue weighted by molar-refractivity contribution is -0.115. The molecule has 1 amide bonds. The number of hydrogen-bond donors (Lipinski definition) is 2. The number of benzene rings is 2. The van der Waals surface area contributed by atoms with Crippen LogP contribution in [0.15, 0.2) is 48.5 Å². The summed E-state index contributed by atoms with van der Waals surface area (Å²) in [5.74, 6) is -0.418. The molecular formula is C17H19FN2O. The number of anilines is 1. The highest BCUT2D eigenvalue weighted by Crippen LogP contribution is 2.15. The summed E-state index contributed by atoms with van der Waals surface area (Å²) in [5, 5.41) is 5.81. The van der Waals surface area contributed by atoms with Crippen molar-refractivity contribution in [3.8, 4) is 0 Å². The van der Waals surface area contributed by atoms with Gasteiger partial charge in [-0.2, -0.15) is 0 Å². The van der Waals surface area contributed by atoms with Gasteiger partial charge in [0.15, 0.2) is 0 Å². The van der Waals surface area contributed by atoms with E-state index in [1.165, 1.54) is 6.07 Å². The maximum atomic E-state index is 13.6. The summed E-state index contributed by atoms with van der Waals surface area (Å²) in [7, 11) is 0. The van der Waals surface area contributed by atoms with Crippen LogP contribution in [0, 0.1) is 12.7 Å². The Bertz CT molecular complexity index is 610. The molecule has 0 saturated heterocycles. The van der Waals surface area contributed by atoms with Crippen molar-refractivity contribution >= 4 is 11.6 Å². The highest BCUT2D eigenvalue weighted by Gasteiger charge is 2.11. The molecule has 0 radical (unpaired) electrons. The van der Waals surface area contributed by atoms with Crippen molar-refractivity contribution in [1.82, 2.24) is 5.32 Å². The van der Waals surface area contributed by atoms with E-state index in [9.17, 15) is 9.18 Å². The molecule has 0 spiro atoms. The van der Waals surface area contributed by atoms with Crippen molar-refractivity contribution in [3.63, 3.8) is 0 Å². The summed E-state index contributed by atoms with van der Waals surface area (Å²) < 4.78 is 13.6. The van der Waals surface area contributed by atoms with Crippen molar-refractivity contribution in [2.75, 3.05) is 11.9 Å². The smallest absolute Gasteiger partial charge is 0.238 e. The molecule has 0 aliphatic heterocycles. The van der Waals surface area contributed by atoms with Gasteiger partial charge in [0.2, 0.25) is 5.91 Å². The zero-order chi connectivity index (χ0) is 15.2. The summed E-state index contributed by atoms with van der Waals surface area (Å²) in [6.07, 6.45) is 0. The van der Waals surface area contributed by atoms with Crippen LogP contribution in [-0.2, 0) is 4.79 Å². The molecule has 110 valence electrons. The first kappa shape index (κ1) is 15.2. The Balaban J connectivity index is 1.86. The molecule has 2 aromatic rings. The van der Waals surface area contributed by atoms with Gasteiger partial charge in [-0.25, -0.2) is 4.39 Å². The molecule has 2 N–H and O–H groups in total. The molecule has 0 aliphatic carbocycles. The summed E-state index contributed by atoms with van der Waals surface area (Å²) in [4.78, 5) is 11.9. The average Bonchev–Trinajstić information content (AvgIpc) is 2.48. The Morgan fingerprint density at radius 2 is 1.81 bits per heavy atom. The Kier molecular flexibility index (Phi) is 5.06. The number of carbonyl (C=O) groups is 1. The van der Waals surface area contributed by atoms with Crippen molar-refractivity contribution < 1.29 is 9.18 Å². The van der Waals surface area contributed by atoms with Gasteiger partial charge in [-0.1, -0.05) is 35.9 Å². The molecule has 2 rings (SSSR count). The largest absolute Gasteiger partial charge is 0.325 e. The van der Waals surface area contributed by atoms with Crippen LogP contribution in [0.3, 0.4) is 0 Å².